The number of unbranched alkanes of at least 4 members (excludes halogenated alkanes) is 1. The fourth-order valence-electron chi connectivity index (χ4n) is 2.68. The second-order valence-electron chi connectivity index (χ2n) is 7.11. The van der Waals surface area contributed by atoms with Gasteiger partial charge in [0.05, 0.1) is 25.6 Å². The predicted molar refractivity (Wildman–Crippen MR) is 120 cm³/mol. The number of ether oxygens (including phenoxy) is 3. The second-order valence-corrected chi connectivity index (χ2v) is 7.11. The Kier molecular flexibility index (Phi) is 11.5. The summed E-state index contributed by atoms with van der Waals surface area (Å²) in [5.74, 6) is 2.55. The van der Waals surface area contributed by atoms with E-state index in [2.05, 4.69) is 10.6 Å². The highest BCUT2D eigenvalue weighted by molar-refractivity contribution is 5.93. The maximum atomic E-state index is 5.70. The van der Waals surface area contributed by atoms with Gasteiger partial charge in [-0.3, -0.25) is 4.99 Å². The number of nitrogens with one attached hydrogen (secondary N) is 2. The molecule has 0 saturated heterocycles. The van der Waals surface area contributed by atoms with Crippen LogP contribution in [0.3, 0.4) is 0 Å². The van der Waals surface area contributed by atoms with Gasteiger partial charge in [-0.1, -0.05) is 0 Å². The maximum Gasteiger partial charge on any atom is 0.195 e. The molecule has 0 fully saturated rings. The standard InChI is InChI=1S/C23H35N3O4/c1-19(2)30-22-10-8-20(9-11-22)26-23(25-14-12-21-7-6-16-29-21)24-13-4-5-15-28-18-17-27-3/h6-11,16,19H,4-5,12-15,17-18H2,1-3H3,(H2,24,25,26). The number of benzene rings is 1. The van der Waals surface area contributed by atoms with Crippen LogP contribution in [0.4, 0.5) is 5.69 Å². The Morgan fingerprint density at radius 2 is 1.90 bits per heavy atom. The van der Waals surface area contributed by atoms with Crippen LogP contribution < -0.4 is 15.4 Å². The van der Waals surface area contributed by atoms with Crippen molar-refractivity contribution >= 4 is 11.6 Å². The summed E-state index contributed by atoms with van der Waals surface area (Å²) in [6, 6.07) is 11.8. The van der Waals surface area contributed by atoms with E-state index >= 15 is 0 Å². The molecule has 0 bridgehead atoms. The molecule has 7 heteroatoms. The zero-order valence-corrected chi connectivity index (χ0v) is 18.4. The van der Waals surface area contributed by atoms with E-state index in [0.717, 1.165) is 62.1 Å². The van der Waals surface area contributed by atoms with Crippen LogP contribution in [0.1, 0.15) is 32.4 Å². The SMILES string of the molecule is COCCOCCCCN=C(NCCc1ccco1)Nc1ccc(OC(C)C)cc1. The van der Waals surface area contributed by atoms with Gasteiger partial charge in [0.2, 0.25) is 0 Å². The molecule has 1 aromatic heterocycles. The van der Waals surface area contributed by atoms with Gasteiger partial charge in [-0.25, -0.2) is 0 Å². The van der Waals surface area contributed by atoms with Crippen molar-refractivity contribution in [3.05, 3.63) is 48.4 Å². The summed E-state index contributed by atoms with van der Waals surface area (Å²) in [6.07, 6.45) is 4.57. The van der Waals surface area contributed by atoms with Gasteiger partial charge in [0.1, 0.15) is 11.5 Å². The molecule has 30 heavy (non-hydrogen) atoms. The van der Waals surface area contributed by atoms with Crippen molar-refractivity contribution in [3.63, 3.8) is 0 Å². The first-order valence-electron chi connectivity index (χ1n) is 10.6. The van der Waals surface area contributed by atoms with E-state index in [1.165, 1.54) is 0 Å². The van der Waals surface area contributed by atoms with E-state index in [0.29, 0.717) is 13.2 Å². The van der Waals surface area contributed by atoms with Crippen molar-refractivity contribution in [2.24, 2.45) is 4.99 Å². The highest BCUT2D eigenvalue weighted by Crippen LogP contribution is 2.16. The molecule has 0 atom stereocenters. The Balaban J connectivity index is 1.82. The largest absolute Gasteiger partial charge is 0.491 e. The van der Waals surface area contributed by atoms with E-state index in [9.17, 15) is 0 Å². The lowest BCUT2D eigenvalue weighted by Gasteiger charge is -2.14. The van der Waals surface area contributed by atoms with Gasteiger partial charge in [0.25, 0.3) is 0 Å². The van der Waals surface area contributed by atoms with Gasteiger partial charge in [0.15, 0.2) is 5.96 Å². The first-order chi connectivity index (χ1) is 14.7. The number of furan rings is 1. The smallest absolute Gasteiger partial charge is 0.195 e. The van der Waals surface area contributed by atoms with E-state index in [1.807, 2.05) is 50.2 Å². The lowest BCUT2D eigenvalue weighted by molar-refractivity contribution is 0.0690. The molecule has 7 nitrogen and oxygen atoms in total. The molecular formula is C23H35N3O4. The molecular weight excluding hydrogens is 382 g/mol. The van der Waals surface area contributed by atoms with E-state index in [1.54, 1.807) is 13.4 Å². The Bertz CT molecular complexity index is 700. The molecule has 0 amide bonds. The number of guanidine groups is 1. The van der Waals surface area contributed by atoms with Gasteiger partial charge >= 0.3 is 0 Å². The third-order valence-corrected chi connectivity index (χ3v) is 4.13. The number of rotatable bonds is 14. The summed E-state index contributed by atoms with van der Waals surface area (Å²) >= 11 is 0. The fourth-order valence-corrected chi connectivity index (χ4v) is 2.68. The average Bonchev–Trinajstić information content (AvgIpc) is 3.24. The van der Waals surface area contributed by atoms with Crippen molar-refractivity contribution in [1.82, 2.24) is 5.32 Å². The Labute approximate surface area is 179 Å². The number of hydrogen-bond acceptors (Lipinski definition) is 5. The summed E-state index contributed by atoms with van der Waals surface area (Å²) in [7, 11) is 1.68. The number of hydrogen-bond donors (Lipinski definition) is 2. The van der Waals surface area contributed by atoms with Gasteiger partial charge in [-0.05, 0) is 63.1 Å². The van der Waals surface area contributed by atoms with Crippen LogP contribution in [0.2, 0.25) is 0 Å². The number of nitrogens with zero attached hydrogens (tertiary/aromatic N) is 1. The summed E-state index contributed by atoms with van der Waals surface area (Å²) in [5, 5.41) is 6.74. The Hall–Kier alpha value is -2.51. The number of methoxy groups -OCH3 is 1. The van der Waals surface area contributed by atoms with Crippen LogP contribution in [0, 0.1) is 0 Å². The molecule has 1 aromatic carbocycles. The van der Waals surface area contributed by atoms with Gasteiger partial charge in [0, 0.05) is 38.9 Å². The molecule has 0 aliphatic carbocycles. The highest BCUT2D eigenvalue weighted by atomic mass is 16.5. The first kappa shape index (κ1) is 23.8. The van der Waals surface area contributed by atoms with Gasteiger partial charge in [-0.15, -0.1) is 0 Å². The van der Waals surface area contributed by atoms with Crippen molar-refractivity contribution < 1.29 is 18.6 Å². The molecule has 0 aliphatic heterocycles. The monoisotopic (exact) mass is 417 g/mol. The topological polar surface area (TPSA) is 77.2 Å². The Morgan fingerprint density at radius 3 is 2.60 bits per heavy atom. The molecule has 0 aliphatic rings. The summed E-state index contributed by atoms with van der Waals surface area (Å²) in [6.45, 7) is 7.48. The normalized spacial score (nSPS) is 11.7. The third-order valence-electron chi connectivity index (χ3n) is 4.13. The molecule has 0 radical (unpaired) electrons. The highest BCUT2D eigenvalue weighted by Gasteiger charge is 2.03. The Morgan fingerprint density at radius 1 is 1.07 bits per heavy atom. The third kappa shape index (κ3) is 10.3. The summed E-state index contributed by atoms with van der Waals surface area (Å²) in [4.78, 5) is 4.69. The number of anilines is 1. The van der Waals surface area contributed by atoms with Crippen molar-refractivity contribution in [2.75, 3.05) is 45.3 Å². The van der Waals surface area contributed by atoms with Crippen LogP contribution >= 0.6 is 0 Å². The minimum absolute atomic E-state index is 0.155. The minimum atomic E-state index is 0.155. The zero-order chi connectivity index (χ0) is 21.4. The van der Waals surface area contributed by atoms with Crippen LogP contribution in [0.25, 0.3) is 0 Å². The molecule has 2 aromatic rings. The van der Waals surface area contributed by atoms with Gasteiger partial charge in [-0.2, -0.15) is 0 Å². The fraction of sp³-hybridized carbons (Fsp3) is 0.522. The van der Waals surface area contributed by atoms with Crippen molar-refractivity contribution in [2.45, 2.75) is 39.2 Å². The van der Waals surface area contributed by atoms with Crippen molar-refractivity contribution in [1.29, 1.82) is 0 Å². The van der Waals surface area contributed by atoms with Crippen LogP contribution in [-0.2, 0) is 15.9 Å². The van der Waals surface area contributed by atoms with Crippen LogP contribution in [0.5, 0.6) is 5.75 Å². The molecule has 2 N–H and O–H groups in total. The first-order valence-corrected chi connectivity index (χ1v) is 10.6. The van der Waals surface area contributed by atoms with Crippen LogP contribution in [-0.4, -0.2) is 52.1 Å². The quantitative estimate of drug-likeness (QED) is 0.274. The molecule has 0 spiro atoms. The lowest BCUT2D eigenvalue weighted by Crippen LogP contribution is -2.32. The van der Waals surface area contributed by atoms with Crippen LogP contribution in [0.15, 0.2) is 52.1 Å². The molecule has 166 valence electrons. The summed E-state index contributed by atoms with van der Waals surface area (Å²) in [5.41, 5.74) is 0.957. The van der Waals surface area contributed by atoms with Gasteiger partial charge < -0.3 is 29.3 Å². The number of aliphatic imine (C=N–C) groups is 1. The molecule has 2 rings (SSSR count). The predicted octanol–water partition coefficient (Wildman–Crippen LogP) is 4.11. The molecule has 1 heterocycles. The molecule has 0 saturated carbocycles. The van der Waals surface area contributed by atoms with E-state index in [4.69, 9.17) is 23.6 Å². The lowest BCUT2D eigenvalue weighted by atomic mass is 10.3. The minimum Gasteiger partial charge on any atom is -0.491 e. The summed E-state index contributed by atoms with van der Waals surface area (Å²) < 4.78 is 21.6. The maximum absolute atomic E-state index is 5.70. The van der Waals surface area contributed by atoms with Crippen molar-refractivity contribution in [3.8, 4) is 5.75 Å². The molecule has 0 unspecified atom stereocenters. The van der Waals surface area contributed by atoms with E-state index in [-0.39, 0.29) is 6.10 Å². The van der Waals surface area contributed by atoms with E-state index < -0.39 is 0 Å². The second kappa shape index (κ2) is 14.5. The zero-order valence-electron chi connectivity index (χ0n) is 18.4. The average molecular weight is 418 g/mol.